The third-order valence-electron chi connectivity index (χ3n) is 2.58. The van der Waals surface area contributed by atoms with Crippen molar-refractivity contribution in [2.24, 2.45) is 11.8 Å². The zero-order chi connectivity index (χ0) is 11.1. The standard InChI is InChI=1S/C11H24N2O/c1-6-9(4)7-13-11(14)10(12-5)8(2)3/h8-10,12H,6-7H2,1-5H3,(H,13,14). The maximum atomic E-state index is 11.7. The molecular weight excluding hydrogens is 176 g/mol. The van der Waals surface area contributed by atoms with Gasteiger partial charge in [0, 0.05) is 6.54 Å². The van der Waals surface area contributed by atoms with Gasteiger partial charge >= 0.3 is 0 Å². The van der Waals surface area contributed by atoms with Crippen molar-refractivity contribution in [3.63, 3.8) is 0 Å². The Balaban J connectivity index is 3.93. The number of carbonyl (C=O) groups is 1. The second-order valence-corrected chi connectivity index (χ2v) is 4.27. The molecule has 2 atom stereocenters. The van der Waals surface area contributed by atoms with Crippen molar-refractivity contribution in [3.8, 4) is 0 Å². The average Bonchev–Trinajstić information content (AvgIpc) is 2.14. The minimum absolute atomic E-state index is 0.0703. The third-order valence-corrected chi connectivity index (χ3v) is 2.58. The van der Waals surface area contributed by atoms with Crippen LogP contribution < -0.4 is 10.6 Å². The van der Waals surface area contributed by atoms with Crippen LogP contribution >= 0.6 is 0 Å². The van der Waals surface area contributed by atoms with Crippen LogP contribution in [0.4, 0.5) is 0 Å². The Hall–Kier alpha value is -0.570. The van der Waals surface area contributed by atoms with Gasteiger partial charge in [-0.1, -0.05) is 34.1 Å². The van der Waals surface area contributed by atoms with Gasteiger partial charge < -0.3 is 10.6 Å². The van der Waals surface area contributed by atoms with Gasteiger partial charge in [0.05, 0.1) is 6.04 Å². The first-order chi connectivity index (χ1) is 6.52. The molecule has 0 aromatic rings. The summed E-state index contributed by atoms with van der Waals surface area (Å²) in [6.45, 7) is 9.15. The molecule has 0 aromatic heterocycles. The second kappa shape index (κ2) is 6.82. The maximum Gasteiger partial charge on any atom is 0.237 e. The van der Waals surface area contributed by atoms with Crippen LogP contribution in [0.5, 0.6) is 0 Å². The zero-order valence-electron chi connectivity index (χ0n) is 10.1. The van der Waals surface area contributed by atoms with E-state index in [1.54, 1.807) is 0 Å². The maximum absolute atomic E-state index is 11.7. The highest BCUT2D eigenvalue weighted by atomic mass is 16.2. The lowest BCUT2D eigenvalue weighted by Crippen LogP contribution is -2.46. The quantitative estimate of drug-likeness (QED) is 0.680. The van der Waals surface area contributed by atoms with E-state index >= 15 is 0 Å². The molecule has 0 aliphatic rings. The second-order valence-electron chi connectivity index (χ2n) is 4.27. The lowest BCUT2D eigenvalue weighted by molar-refractivity contribution is -0.124. The molecule has 1 amide bonds. The van der Waals surface area contributed by atoms with Crippen LogP contribution in [-0.4, -0.2) is 25.5 Å². The Labute approximate surface area is 87.6 Å². The Kier molecular flexibility index (Phi) is 6.54. The number of likely N-dealkylation sites (N-methyl/N-ethyl adjacent to an activating group) is 1. The summed E-state index contributed by atoms with van der Waals surface area (Å²) >= 11 is 0. The van der Waals surface area contributed by atoms with E-state index < -0.39 is 0 Å². The van der Waals surface area contributed by atoms with Gasteiger partial charge in [-0.15, -0.1) is 0 Å². The van der Waals surface area contributed by atoms with Gasteiger partial charge in [-0.3, -0.25) is 4.79 Å². The van der Waals surface area contributed by atoms with E-state index in [0.29, 0.717) is 11.8 Å². The number of rotatable bonds is 6. The van der Waals surface area contributed by atoms with Crippen molar-refractivity contribution in [2.75, 3.05) is 13.6 Å². The van der Waals surface area contributed by atoms with Crippen molar-refractivity contribution < 1.29 is 4.79 Å². The molecule has 0 rings (SSSR count). The topological polar surface area (TPSA) is 41.1 Å². The fourth-order valence-corrected chi connectivity index (χ4v) is 1.30. The number of hydrogen-bond acceptors (Lipinski definition) is 2. The van der Waals surface area contributed by atoms with Crippen molar-refractivity contribution in [2.45, 2.75) is 40.2 Å². The molecule has 2 N–H and O–H groups in total. The predicted molar refractivity (Wildman–Crippen MR) is 60.2 cm³/mol. The molecule has 0 spiro atoms. The number of nitrogens with one attached hydrogen (secondary N) is 2. The van der Waals surface area contributed by atoms with E-state index in [0.717, 1.165) is 13.0 Å². The Morgan fingerprint density at radius 2 is 1.86 bits per heavy atom. The molecule has 84 valence electrons. The van der Waals surface area contributed by atoms with E-state index in [1.807, 2.05) is 20.9 Å². The van der Waals surface area contributed by atoms with Crippen LogP contribution in [0.2, 0.25) is 0 Å². The molecular formula is C11H24N2O. The van der Waals surface area contributed by atoms with Crippen molar-refractivity contribution in [1.82, 2.24) is 10.6 Å². The largest absolute Gasteiger partial charge is 0.354 e. The molecule has 0 aliphatic heterocycles. The third kappa shape index (κ3) is 4.61. The highest BCUT2D eigenvalue weighted by molar-refractivity contribution is 5.81. The molecule has 0 radical (unpaired) electrons. The summed E-state index contributed by atoms with van der Waals surface area (Å²) in [6, 6.07) is -0.0703. The minimum Gasteiger partial charge on any atom is -0.354 e. The van der Waals surface area contributed by atoms with Gasteiger partial charge in [0.2, 0.25) is 5.91 Å². The first-order valence-corrected chi connectivity index (χ1v) is 5.47. The first-order valence-electron chi connectivity index (χ1n) is 5.47. The van der Waals surface area contributed by atoms with E-state index in [9.17, 15) is 4.79 Å². The monoisotopic (exact) mass is 200 g/mol. The highest BCUT2D eigenvalue weighted by Crippen LogP contribution is 2.02. The SMILES string of the molecule is CCC(C)CNC(=O)C(NC)C(C)C. The van der Waals surface area contributed by atoms with Crippen molar-refractivity contribution in [1.29, 1.82) is 0 Å². The summed E-state index contributed by atoms with van der Waals surface area (Å²) in [5.41, 5.74) is 0. The van der Waals surface area contributed by atoms with Gasteiger partial charge in [0.25, 0.3) is 0 Å². The average molecular weight is 200 g/mol. The summed E-state index contributed by atoms with van der Waals surface area (Å²) in [7, 11) is 1.83. The lowest BCUT2D eigenvalue weighted by atomic mass is 10.0. The molecule has 0 aromatic carbocycles. The van der Waals surface area contributed by atoms with E-state index in [4.69, 9.17) is 0 Å². The molecule has 0 heterocycles. The fourth-order valence-electron chi connectivity index (χ4n) is 1.30. The molecule has 3 heteroatoms. The van der Waals surface area contributed by atoms with E-state index in [2.05, 4.69) is 24.5 Å². The number of hydrogen-bond donors (Lipinski definition) is 2. The predicted octanol–water partition coefficient (Wildman–Crippen LogP) is 1.39. The molecule has 0 fully saturated rings. The van der Waals surface area contributed by atoms with Crippen LogP contribution in [0.15, 0.2) is 0 Å². The van der Waals surface area contributed by atoms with E-state index in [-0.39, 0.29) is 11.9 Å². The van der Waals surface area contributed by atoms with Crippen LogP contribution in [0.3, 0.4) is 0 Å². The normalized spacial score (nSPS) is 15.3. The summed E-state index contributed by atoms with van der Waals surface area (Å²) in [6.07, 6.45) is 1.10. The van der Waals surface area contributed by atoms with Crippen LogP contribution in [-0.2, 0) is 4.79 Å². The zero-order valence-corrected chi connectivity index (χ0v) is 10.1. The van der Waals surface area contributed by atoms with Gasteiger partial charge in [-0.25, -0.2) is 0 Å². The van der Waals surface area contributed by atoms with Crippen LogP contribution in [0.1, 0.15) is 34.1 Å². The van der Waals surface area contributed by atoms with Crippen molar-refractivity contribution >= 4 is 5.91 Å². The first kappa shape index (κ1) is 13.4. The van der Waals surface area contributed by atoms with Crippen LogP contribution in [0.25, 0.3) is 0 Å². The summed E-state index contributed by atoms with van der Waals surface area (Å²) in [4.78, 5) is 11.7. The van der Waals surface area contributed by atoms with Crippen LogP contribution in [0, 0.1) is 11.8 Å². The van der Waals surface area contributed by atoms with Gasteiger partial charge in [-0.2, -0.15) is 0 Å². The van der Waals surface area contributed by atoms with Gasteiger partial charge in [0.1, 0.15) is 0 Å². The highest BCUT2D eigenvalue weighted by Gasteiger charge is 2.19. The smallest absolute Gasteiger partial charge is 0.237 e. The van der Waals surface area contributed by atoms with Gasteiger partial charge in [-0.05, 0) is 18.9 Å². The molecule has 0 bridgehead atoms. The summed E-state index contributed by atoms with van der Waals surface area (Å²) in [5, 5.41) is 6.00. The lowest BCUT2D eigenvalue weighted by Gasteiger charge is -2.20. The summed E-state index contributed by atoms with van der Waals surface area (Å²) in [5.74, 6) is 1.00. The minimum atomic E-state index is -0.0703. The fraction of sp³-hybridized carbons (Fsp3) is 0.909. The molecule has 0 saturated heterocycles. The molecule has 2 unspecified atom stereocenters. The number of amides is 1. The molecule has 0 saturated carbocycles. The van der Waals surface area contributed by atoms with Crippen molar-refractivity contribution in [3.05, 3.63) is 0 Å². The number of carbonyl (C=O) groups excluding carboxylic acids is 1. The molecule has 14 heavy (non-hydrogen) atoms. The van der Waals surface area contributed by atoms with E-state index in [1.165, 1.54) is 0 Å². The Morgan fingerprint density at radius 1 is 1.29 bits per heavy atom. The molecule has 3 nitrogen and oxygen atoms in total. The van der Waals surface area contributed by atoms with Gasteiger partial charge in [0.15, 0.2) is 0 Å². The Morgan fingerprint density at radius 3 is 2.21 bits per heavy atom. The summed E-state index contributed by atoms with van der Waals surface area (Å²) < 4.78 is 0. The Bertz CT molecular complexity index is 169. The molecule has 0 aliphatic carbocycles.